The van der Waals surface area contributed by atoms with Crippen molar-refractivity contribution in [3.63, 3.8) is 0 Å². The molecule has 92 valence electrons. The Labute approximate surface area is 107 Å². The van der Waals surface area contributed by atoms with Crippen molar-refractivity contribution in [2.75, 3.05) is 11.6 Å². The van der Waals surface area contributed by atoms with Crippen LogP contribution in [0.4, 0.5) is 5.69 Å². The van der Waals surface area contributed by atoms with Gasteiger partial charge in [-0.2, -0.15) is 0 Å². The van der Waals surface area contributed by atoms with Gasteiger partial charge in [-0.3, -0.25) is 4.79 Å². The quantitative estimate of drug-likeness (QED) is 0.857. The third kappa shape index (κ3) is 2.78. The molecule has 1 aromatic carbocycles. The molecule has 0 radical (unpaired) electrons. The number of benzene rings is 1. The van der Waals surface area contributed by atoms with Gasteiger partial charge in [0.05, 0.1) is 6.20 Å². The van der Waals surface area contributed by atoms with E-state index in [2.05, 4.69) is 10.3 Å². The molecule has 1 amide bonds. The molecule has 0 spiro atoms. The van der Waals surface area contributed by atoms with E-state index in [1.54, 1.807) is 36.6 Å². The zero-order valence-electron chi connectivity index (χ0n) is 9.54. The average molecular weight is 262 g/mol. The van der Waals surface area contributed by atoms with Crippen molar-refractivity contribution in [3.8, 4) is 0 Å². The van der Waals surface area contributed by atoms with E-state index in [0.29, 0.717) is 5.56 Å². The number of anilines is 1. The lowest BCUT2D eigenvalue weighted by Gasteiger charge is -2.03. The predicted octanol–water partition coefficient (Wildman–Crippen LogP) is 2.01. The molecule has 1 heterocycles. The van der Waals surface area contributed by atoms with E-state index in [0.717, 1.165) is 0 Å². The molecule has 0 aliphatic carbocycles. The first kappa shape index (κ1) is 12.4. The van der Waals surface area contributed by atoms with Crippen molar-refractivity contribution in [2.45, 2.75) is 5.22 Å². The number of nitrogens with zero attached hydrogens (tertiary/aromatic N) is 1. The van der Waals surface area contributed by atoms with E-state index in [1.165, 1.54) is 18.0 Å². The maximum Gasteiger partial charge on any atom is 0.363 e. The highest BCUT2D eigenvalue weighted by atomic mass is 32.2. The van der Waals surface area contributed by atoms with Gasteiger partial charge in [-0.15, -0.1) is 0 Å². The van der Waals surface area contributed by atoms with Crippen LogP contribution in [0.25, 0.3) is 0 Å². The third-order valence-corrected chi connectivity index (χ3v) is 2.70. The normalized spacial score (nSPS) is 10.1. The summed E-state index contributed by atoms with van der Waals surface area (Å²) in [7, 11) is 0. The van der Waals surface area contributed by atoms with Crippen molar-refractivity contribution < 1.29 is 9.21 Å². The summed E-state index contributed by atoms with van der Waals surface area (Å²) in [5, 5.41) is 2.72. The molecule has 1 N–H and O–H groups in total. The third-order valence-electron chi connectivity index (χ3n) is 2.16. The molecule has 0 unspecified atom stereocenters. The molecule has 1 aromatic heterocycles. The lowest BCUT2D eigenvalue weighted by Crippen LogP contribution is -2.18. The standard InChI is InChI=1S/C12H10N2O3S/c1-18-12-13-7-9(11(16)17-12)14-10(15)8-5-3-2-4-6-8/h2-7H,1H3,(H,14,15). The Morgan fingerprint density at radius 1 is 1.33 bits per heavy atom. The number of rotatable bonds is 3. The number of nitrogens with one attached hydrogen (secondary N) is 1. The number of aromatic nitrogens is 1. The SMILES string of the molecule is CSc1ncc(NC(=O)c2ccccc2)c(=O)o1. The highest BCUT2D eigenvalue weighted by Gasteiger charge is 2.10. The summed E-state index contributed by atoms with van der Waals surface area (Å²) >= 11 is 1.22. The van der Waals surface area contributed by atoms with E-state index < -0.39 is 5.63 Å². The Morgan fingerprint density at radius 2 is 2.06 bits per heavy atom. The summed E-state index contributed by atoms with van der Waals surface area (Å²) in [6.45, 7) is 0. The van der Waals surface area contributed by atoms with Crippen LogP contribution in [-0.4, -0.2) is 17.1 Å². The second kappa shape index (κ2) is 5.50. The molecule has 0 bridgehead atoms. The second-order valence-corrected chi connectivity index (χ2v) is 4.11. The summed E-state index contributed by atoms with van der Waals surface area (Å²) in [5.41, 5.74) is -0.119. The van der Waals surface area contributed by atoms with Crippen molar-refractivity contribution >= 4 is 23.4 Å². The minimum Gasteiger partial charge on any atom is -0.396 e. The fourth-order valence-corrected chi connectivity index (χ4v) is 1.61. The predicted molar refractivity (Wildman–Crippen MR) is 68.9 cm³/mol. The zero-order valence-corrected chi connectivity index (χ0v) is 10.4. The van der Waals surface area contributed by atoms with Gasteiger partial charge in [0.15, 0.2) is 0 Å². The van der Waals surface area contributed by atoms with Gasteiger partial charge in [0, 0.05) is 5.56 Å². The largest absolute Gasteiger partial charge is 0.396 e. The molecule has 2 aromatic rings. The van der Waals surface area contributed by atoms with E-state index in [-0.39, 0.29) is 16.8 Å². The van der Waals surface area contributed by atoms with Crippen molar-refractivity contribution in [2.24, 2.45) is 0 Å². The van der Waals surface area contributed by atoms with Crippen LogP contribution in [0.15, 0.2) is 51.0 Å². The summed E-state index contributed by atoms with van der Waals surface area (Å²) in [5.74, 6) is -0.374. The molecule has 0 atom stereocenters. The second-order valence-electron chi connectivity index (χ2n) is 3.35. The summed E-state index contributed by atoms with van der Waals surface area (Å²) in [6.07, 6.45) is 3.03. The number of thioether (sulfide) groups is 1. The Kier molecular flexibility index (Phi) is 3.78. The van der Waals surface area contributed by atoms with Crippen LogP contribution >= 0.6 is 11.8 Å². The maximum absolute atomic E-state index is 11.8. The number of hydrogen-bond donors (Lipinski definition) is 1. The van der Waals surface area contributed by atoms with Crippen LogP contribution in [0.5, 0.6) is 0 Å². The lowest BCUT2D eigenvalue weighted by molar-refractivity contribution is 0.102. The summed E-state index contributed by atoms with van der Waals surface area (Å²) in [6, 6.07) is 8.60. The van der Waals surface area contributed by atoms with Crippen LogP contribution in [0.1, 0.15) is 10.4 Å². The molecule has 2 rings (SSSR count). The van der Waals surface area contributed by atoms with Gasteiger partial charge in [-0.1, -0.05) is 30.0 Å². The Balaban J connectivity index is 2.20. The summed E-state index contributed by atoms with van der Waals surface area (Å²) in [4.78, 5) is 27.2. The Morgan fingerprint density at radius 3 is 2.67 bits per heavy atom. The molecule has 0 aliphatic rings. The van der Waals surface area contributed by atoms with E-state index in [1.807, 2.05) is 0 Å². The molecule has 6 heteroatoms. The van der Waals surface area contributed by atoms with E-state index >= 15 is 0 Å². The van der Waals surface area contributed by atoms with Crippen LogP contribution < -0.4 is 10.9 Å². The smallest absolute Gasteiger partial charge is 0.363 e. The Bertz CT molecular complexity index is 610. The zero-order chi connectivity index (χ0) is 13.0. The van der Waals surface area contributed by atoms with Crippen molar-refractivity contribution in [1.82, 2.24) is 4.98 Å². The van der Waals surface area contributed by atoms with Crippen LogP contribution in [0.2, 0.25) is 0 Å². The van der Waals surface area contributed by atoms with Gasteiger partial charge in [-0.05, 0) is 18.4 Å². The van der Waals surface area contributed by atoms with E-state index in [9.17, 15) is 9.59 Å². The van der Waals surface area contributed by atoms with Gasteiger partial charge in [0.2, 0.25) is 0 Å². The summed E-state index contributed by atoms with van der Waals surface area (Å²) < 4.78 is 4.88. The minimum absolute atomic E-state index is 0.0293. The van der Waals surface area contributed by atoms with E-state index in [4.69, 9.17) is 4.42 Å². The number of amides is 1. The Hall–Kier alpha value is -2.08. The van der Waals surface area contributed by atoms with Gasteiger partial charge < -0.3 is 9.73 Å². The molecule has 0 saturated carbocycles. The minimum atomic E-state index is -0.612. The highest BCUT2D eigenvalue weighted by Crippen LogP contribution is 2.10. The molecular formula is C12H10N2O3S. The lowest BCUT2D eigenvalue weighted by atomic mass is 10.2. The topological polar surface area (TPSA) is 72.2 Å². The van der Waals surface area contributed by atoms with Gasteiger partial charge in [-0.25, -0.2) is 9.78 Å². The molecule has 18 heavy (non-hydrogen) atoms. The highest BCUT2D eigenvalue weighted by molar-refractivity contribution is 7.98. The number of carbonyl (C=O) groups is 1. The number of hydrogen-bond acceptors (Lipinski definition) is 5. The van der Waals surface area contributed by atoms with Crippen molar-refractivity contribution in [3.05, 3.63) is 52.5 Å². The van der Waals surface area contributed by atoms with Gasteiger partial charge in [0.1, 0.15) is 5.69 Å². The van der Waals surface area contributed by atoms with Gasteiger partial charge >= 0.3 is 5.63 Å². The molecule has 0 fully saturated rings. The first-order valence-corrected chi connectivity index (χ1v) is 6.33. The van der Waals surface area contributed by atoms with Crippen LogP contribution in [0.3, 0.4) is 0 Å². The fourth-order valence-electron chi connectivity index (χ4n) is 1.29. The van der Waals surface area contributed by atoms with Gasteiger partial charge in [0.25, 0.3) is 11.1 Å². The fraction of sp³-hybridized carbons (Fsp3) is 0.0833. The average Bonchev–Trinajstić information content (AvgIpc) is 2.42. The molecule has 0 aliphatic heterocycles. The number of carbonyl (C=O) groups excluding carboxylic acids is 1. The van der Waals surface area contributed by atoms with Crippen molar-refractivity contribution in [1.29, 1.82) is 0 Å². The molecule has 5 nitrogen and oxygen atoms in total. The maximum atomic E-state index is 11.8. The van der Waals surface area contributed by atoms with Crippen LogP contribution in [-0.2, 0) is 0 Å². The first-order chi connectivity index (χ1) is 8.70. The first-order valence-electron chi connectivity index (χ1n) is 5.11. The van der Waals surface area contributed by atoms with Crippen LogP contribution in [0, 0.1) is 0 Å². The monoisotopic (exact) mass is 262 g/mol. The molecular weight excluding hydrogens is 252 g/mol. The molecule has 0 saturated heterocycles.